The summed E-state index contributed by atoms with van der Waals surface area (Å²) in [6, 6.07) is 6.72. The van der Waals surface area contributed by atoms with Gasteiger partial charge < -0.3 is 19.9 Å². The first-order chi connectivity index (χ1) is 9.69. The first-order valence-electron chi connectivity index (χ1n) is 6.29. The van der Waals surface area contributed by atoms with Crippen LogP contribution in [0.3, 0.4) is 0 Å². The minimum absolute atomic E-state index is 0.0916. The van der Waals surface area contributed by atoms with E-state index in [1.54, 1.807) is 34.1 Å². The zero-order chi connectivity index (χ0) is 14.4. The number of urea groups is 1. The van der Waals surface area contributed by atoms with E-state index in [2.05, 4.69) is 5.32 Å². The van der Waals surface area contributed by atoms with Crippen molar-refractivity contribution >= 4 is 24.0 Å². The van der Waals surface area contributed by atoms with Crippen LogP contribution in [0.15, 0.2) is 24.3 Å². The number of hydrogen-bond acceptors (Lipinski definition) is 3. The summed E-state index contributed by atoms with van der Waals surface area (Å²) in [4.78, 5) is 25.7. The van der Waals surface area contributed by atoms with Gasteiger partial charge in [-0.1, -0.05) is 11.6 Å². The number of nitrogens with zero attached hydrogens (tertiary/aromatic N) is 2. The summed E-state index contributed by atoms with van der Waals surface area (Å²) < 4.78 is 5.38. The van der Waals surface area contributed by atoms with Crippen LogP contribution in [0.1, 0.15) is 0 Å². The Hall–Kier alpha value is -1.95. The molecule has 20 heavy (non-hydrogen) atoms. The minimum atomic E-state index is -0.190. The minimum Gasteiger partial charge on any atom is -0.473 e. The maximum Gasteiger partial charge on any atom is 0.320 e. The van der Waals surface area contributed by atoms with Gasteiger partial charge in [0.25, 0.3) is 0 Å². The molecule has 1 saturated heterocycles. The lowest BCUT2D eigenvalue weighted by molar-refractivity contribution is -0.119. The average Bonchev–Trinajstić information content (AvgIpc) is 2.49. The SMILES string of the molecule is O=CN1CCN(C(=O)NCOc2ccc(Cl)cc2)CC1. The molecule has 6 nitrogen and oxygen atoms in total. The number of piperazine rings is 1. The molecule has 0 atom stereocenters. The van der Waals surface area contributed by atoms with Crippen LogP contribution in [0.2, 0.25) is 5.02 Å². The molecule has 108 valence electrons. The van der Waals surface area contributed by atoms with E-state index < -0.39 is 0 Å². The maximum atomic E-state index is 11.8. The molecule has 3 amide bonds. The van der Waals surface area contributed by atoms with E-state index in [1.807, 2.05) is 0 Å². The Balaban J connectivity index is 1.70. The van der Waals surface area contributed by atoms with Gasteiger partial charge in [-0.15, -0.1) is 0 Å². The summed E-state index contributed by atoms with van der Waals surface area (Å²) in [6.07, 6.45) is 0.804. The van der Waals surface area contributed by atoms with Gasteiger partial charge in [0.1, 0.15) is 5.75 Å². The summed E-state index contributed by atoms with van der Waals surface area (Å²) in [5, 5.41) is 3.31. The summed E-state index contributed by atoms with van der Waals surface area (Å²) in [5.74, 6) is 0.639. The molecular formula is C13H16ClN3O3. The fraction of sp³-hybridized carbons (Fsp3) is 0.385. The number of hydrogen-bond donors (Lipinski definition) is 1. The van der Waals surface area contributed by atoms with Crippen LogP contribution in [-0.4, -0.2) is 55.2 Å². The highest BCUT2D eigenvalue weighted by Crippen LogP contribution is 2.14. The van der Waals surface area contributed by atoms with Gasteiger partial charge in [0.2, 0.25) is 6.41 Å². The molecule has 1 N–H and O–H groups in total. The van der Waals surface area contributed by atoms with Gasteiger partial charge in [-0.2, -0.15) is 0 Å². The van der Waals surface area contributed by atoms with Crippen LogP contribution in [0.25, 0.3) is 0 Å². The lowest BCUT2D eigenvalue weighted by Gasteiger charge is -2.32. The Labute approximate surface area is 122 Å². The van der Waals surface area contributed by atoms with E-state index in [-0.39, 0.29) is 12.8 Å². The van der Waals surface area contributed by atoms with Crippen molar-refractivity contribution in [2.24, 2.45) is 0 Å². The molecule has 1 aliphatic heterocycles. The van der Waals surface area contributed by atoms with E-state index in [9.17, 15) is 9.59 Å². The van der Waals surface area contributed by atoms with Crippen LogP contribution in [-0.2, 0) is 4.79 Å². The van der Waals surface area contributed by atoms with Crippen molar-refractivity contribution in [1.29, 1.82) is 0 Å². The van der Waals surface area contributed by atoms with Gasteiger partial charge in [-0.05, 0) is 24.3 Å². The number of carbonyl (C=O) groups is 2. The van der Waals surface area contributed by atoms with Crippen molar-refractivity contribution in [3.8, 4) is 5.75 Å². The van der Waals surface area contributed by atoms with Crippen LogP contribution in [0.5, 0.6) is 5.75 Å². The molecule has 1 aromatic carbocycles. The first-order valence-corrected chi connectivity index (χ1v) is 6.67. The Morgan fingerprint density at radius 2 is 1.90 bits per heavy atom. The number of amides is 3. The molecule has 0 bridgehead atoms. The topological polar surface area (TPSA) is 61.9 Å². The number of ether oxygens (including phenoxy) is 1. The Morgan fingerprint density at radius 3 is 2.50 bits per heavy atom. The van der Waals surface area contributed by atoms with E-state index >= 15 is 0 Å². The Kier molecular flexibility index (Phi) is 5.06. The van der Waals surface area contributed by atoms with E-state index in [0.29, 0.717) is 37.0 Å². The zero-order valence-electron chi connectivity index (χ0n) is 10.9. The molecule has 2 rings (SSSR count). The Morgan fingerprint density at radius 1 is 1.25 bits per heavy atom. The molecule has 0 unspecified atom stereocenters. The van der Waals surface area contributed by atoms with E-state index in [4.69, 9.17) is 16.3 Å². The first kappa shape index (κ1) is 14.5. The fourth-order valence-corrected chi connectivity index (χ4v) is 1.98. The zero-order valence-corrected chi connectivity index (χ0v) is 11.7. The lowest BCUT2D eigenvalue weighted by atomic mass is 10.3. The molecule has 0 aromatic heterocycles. The molecule has 1 aliphatic rings. The number of rotatable bonds is 4. The third-order valence-electron chi connectivity index (χ3n) is 3.03. The standard InChI is InChI=1S/C13H16ClN3O3/c14-11-1-3-12(4-2-11)20-9-15-13(19)17-7-5-16(10-18)6-8-17/h1-4,10H,5-9H2,(H,15,19). The van der Waals surface area contributed by atoms with Crippen LogP contribution in [0.4, 0.5) is 4.79 Å². The predicted octanol–water partition coefficient (Wildman–Crippen LogP) is 1.16. The van der Waals surface area contributed by atoms with Gasteiger partial charge in [0.15, 0.2) is 6.73 Å². The fourth-order valence-electron chi connectivity index (χ4n) is 1.85. The molecule has 0 saturated carbocycles. The van der Waals surface area contributed by atoms with E-state index in [1.165, 1.54) is 0 Å². The molecule has 7 heteroatoms. The molecule has 0 aliphatic carbocycles. The summed E-state index contributed by atoms with van der Waals surface area (Å²) >= 11 is 5.76. The van der Waals surface area contributed by atoms with E-state index in [0.717, 1.165) is 6.41 Å². The van der Waals surface area contributed by atoms with Crippen molar-refractivity contribution < 1.29 is 14.3 Å². The molecule has 0 spiro atoms. The largest absolute Gasteiger partial charge is 0.473 e. The predicted molar refractivity (Wildman–Crippen MR) is 74.7 cm³/mol. The van der Waals surface area contributed by atoms with Crippen molar-refractivity contribution in [2.75, 3.05) is 32.9 Å². The lowest BCUT2D eigenvalue weighted by Crippen LogP contribution is -2.51. The van der Waals surface area contributed by atoms with Gasteiger partial charge in [0, 0.05) is 31.2 Å². The number of halogens is 1. The average molecular weight is 298 g/mol. The van der Waals surface area contributed by atoms with Crippen molar-refractivity contribution in [2.45, 2.75) is 0 Å². The third kappa shape index (κ3) is 4.03. The van der Waals surface area contributed by atoms with Gasteiger partial charge in [-0.3, -0.25) is 4.79 Å². The summed E-state index contributed by atoms with van der Waals surface area (Å²) in [6.45, 7) is 2.29. The Bertz CT molecular complexity index is 458. The molecule has 1 aromatic rings. The second-order valence-corrected chi connectivity index (χ2v) is 4.79. The highest BCUT2D eigenvalue weighted by molar-refractivity contribution is 6.30. The van der Waals surface area contributed by atoms with Gasteiger partial charge in [-0.25, -0.2) is 4.79 Å². The molecule has 1 fully saturated rings. The number of carbonyl (C=O) groups excluding carboxylic acids is 2. The van der Waals surface area contributed by atoms with Gasteiger partial charge >= 0.3 is 6.03 Å². The third-order valence-corrected chi connectivity index (χ3v) is 3.28. The molecule has 0 radical (unpaired) electrons. The molecular weight excluding hydrogens is 282 g/mol. The quantitative estimate of drug-likeness (QED) is 0.670. The van der Waals surface area contributed by atoms with Gasteiger partial charge in [0.05, 0.1) is 0 Å². The van der Waals surface area contributed by atoms with Crippen LogP contribution in [0, 0.1) is 0 Å². The van der Waals surface area contributed by atoms with Crippen LogP contribution >= 0.6 is 11.6 Å². The monoisotopic (exact) mass is 297 g/mol. The smallest absolute Gasteiger partial charge is 0.320 e. The molecule has 1 heterocycles. The number of nitrogens with one attached hydrogen (secondary N) is 1. The second-order valence-electron chi connectivity index (χ2n) is 4.35. The highest BCUT2D eigenvalue weighted by atomic mass is 35.5. The van der Waals surface area contributed by atoms with Crippen molar-refractivity contribution in [1.82, 2.24) is 15.1 Å². The highest BCUT2D eigenvalue weighted by Gasteiger charge is 2.19. The van der Waals surface area contributed by atoms with Crippen molar-refractivity contribution in [3.05, 3.63) is 29.3 Å². The summed E-state index contributed by atoms with van der Waals surface area (Å²) in [7, 11) is 0. The van der Waals surface area contributed by atoms with Crippen LogP contribution < -0.4 is 10.1 Å². The summed E-state index contributed by atoms with van der Waals surface area (Å²) in [5.41, 5.74) is 0. The number of benzene rings is 1. The second kappa shape index (κ2) is 7.00. The maximum absolute atomic E-state index is 11.8. The normalized spacial score (nSPS) is 14.8. The van der Waals surface area contributed by atoms with Crippen molar-refractivity contribution in [3.63, 3.8) is 0 Å².